The van der Waals surface area contributed by atoms with Crippen molar-refractivity contribution in [2.24, 2.45) is 0 Å². The van der Waals surface area contributed by atoms with Gasteiger partial charge in [-0.05, 0) is 79.3 Å². The number of hydrogen-bond donors (Lipinski definition) is 3. The van der Waals surface area contributed by atoms with Gasteiger partial charge in [-0.1, -0.05) is 47.5 Å². The number of aliphatic hydroxyl groups excluding tert-OH is 1. The van der Waals surface area contributed by atoms with Crippen LogP contribution >= 0.6 is 23.2 Å². The topological polar surface area (TPSA) is 104 Å². The minimum atomic E-state index is -3.32. The molecule has 9 heteroatoms. The molecule has 0 aliphatic rings. The lowest BCUT2D eigenvalue weighted by Gasteiger charge is -2.17. The minimum Gasteiger partial charge on any atom is -0.508 e. The highest BCUT2D eigenvalue weighted by Crippen LogP contribution is 2.29. The Bertz CT molecular complexity index is 1300. The molecule has 0 aromatic heterocycles. The summed E-state index contributed by atoms with van der Waals surface area (Å²) in [6.45, 7) is 1.81. The summed E-state index contributed by atoms with van der Waals surface area (Å²) in [4.78, 5) is 13.1. The standard InChI is InChI=1S/C26H27Cl2NO5S/c1-16(11-17-5-3-8-21(12-17)35(2,33)34)29-26(32)25-22(27)13-18(14-23(25)28)9-10-24(31)19-6-4-7-20(30)15-19/h3-8,12-16,24,30-31H,9-11H2,1-2H3,(H,29,32)/t16-,24?/m1/s1. The van der Waals surface area contributed by atoms with E-state index in [1.165, 1.54) is 18.2 Å². The number of hydrogen-bond acceptors (Lipinski definition) is 5. The first-order valence-corrected chi connectivity index (χ1v) is 13.6. The molecule has 3 aromatic rings. The van der Waals surface area contributed by atoms with Gasteiger partial charge in [0.2, 0.25) is 0 Å². The summed E-state index contributed by atoms with van der Waals surface area (Å²) in [5, 5.41) is 23.2. The third-order valence-electron chi connectivity index (χ3n) is 5.54. The van der Waals surface area contributed by atoms with Crippen LogP contribution in [0.4, 0.5) is 0 Å². The molecule has 0 fully saturated rings. The van der Waals surface area contributed by atoms with Crippen LogP contribution < -0.4 is 5.32 Å². The monoisotopic (exact) mass is 535 g/mol. The zero-order valence-electron chi connectivity index (χ0n) is 19.3. The second kappa shape index (κ2) is 11.4. The number of aromatic hydroxyl groups is 1. The minimum absolute atomic E-state index is 0.0836. The van der Waals surface area contributed by atoms with Crippen LogP contribution in [0, 0.1) is 0 Å². The zero-order chi connectivity index (χ0) is 25.8. The molecule has 186 valence electrons. The number of phenolic OH excluding ortho intramolecular Hbond substituents is 1. The molecule has 6 nitrogen and oxygen atoms in total. The van der Waals surface area contributed by atoms with Crippen molar-refractivity contribution < 1.29 is 23.4 Å². The Morgan fingerprint density at radius 1 is 1.00 bits per heavy atom. The van der Waals surface area contributed by atoms with E-state index in [-0.39, 0.29) is 32.3 Å². The maximum Gasteiger partial charge on any atom is 0.254 e. The van der Waals surface area contributed by atoms with Gasteiger partial charge in [0.05, 0.1) is 26.6 Å². The predicted octanol–water partition coefficient (Wildman–Crippen LogP) is 5.13. The number of aliphatic hydroxyl groups is 1. The Hall–Kier alpha value is -2.58. The second-order valence-electron chi connectivity index (χ2n) is 8.58. The van der Waals surface area contributed by atoms with E-state index in [9.17, 15) is 23.4 Å². The fourth-order valence-electron chi connectivity index (χ4n) is 3.79. The summed E-state index contributed by atoms with van der Waals surface area (Å²) in [7, 11) is -3.32. The van der Waals surface area contributed by atoms with E-state index in [0.717, 1.165) is 17.4 Å². The van der Waals surface area contributed by atoms with Gasteiger partial charge in [0, 0.05) is 12.3 Å². The van der Waals surface area contributed by atoms with E-state index < -0.39 is 21.8 Å². The van der Waals surface area contributed by atoms with E-state index >= 15 is 0 Å². The van der Waals surface area contributed by atoms with E-state index in [2.05, 4.69) is 5.32 Å². The fourth-order valence-corrected chi connectivity index (χ4v) is 5.19. The number of aryl methyl sites for hydroxylation is 1. The summed E-state index contributed by atoms with van der Waals surface area (Å²) in [5.41, 5.74) is 2.30. The Morgan fingerprint density at radius 2 is 1.66 bits per heavy atom. The SMILES string of the molecule is C[C@H](Cc1cccc(S(C)(=O)=O)c1)NC(=O)c1c(Cl)cc(CCC(O)c2cccc(O)c2)cc1Cl. The third-order valence-corrected chi connectivity index (χ3v) is 7.24. The van der Waals surface area contributed by atoms with Crippen LogP contribution in [0.25, 0.3) is 0 Å². The van der Waals surface area contributed by atoms with Crippen LogP contribution in [0.2, 0.25) is 10.0 Å². The molecule has 0 aliphatic carbocycles. The molecular weight excluding hydrogens is 509 g/mol. The van der Waals surface area contributed by atoms with Crippen molar-refractivity contribution in [1.29, 1.82) is 0 Å². The van der Waals surface area contributed by atoms with Gasteiger partial charge in [-0.3, -0.25) is 4.79 Å². The molecule has 2 atom stereocenters. The van der Waals surface area contributed by atoms with Crippen LogP contribution in [0.1, 0.15) is 46.5 Å². The molecule has 0 heterocycles. The number of carbonyl (C=O) groups is 1. The van der Waals surface area contributed by atoms with Gasteiger partial charge in [-0.15, -0.1) is 0 Å². The Kier molecular flexibility index (Phi) is 8.83. The maximum atomic E-state index is 12.9. The van der Waals surface area contributed by atoms with Gasteiger partial charge in [0.25, 0.3) is 5.91 Å². The molecule has 35 heavy (non-hydrogen) atoms. The first-order valence-electron chi connectivity index (χ1n) is 11.0. The summed E-state index contributed by atoms with van der Waals surface area (Å²) in [6, 6.07) is 16.0. The molecule has 0 radical (unpaired) electrons. The van der Waals surface area contributed by atoms with Crippen LogP contribution in [0.3, 0.4) is 0 Å². The van der Waals surface area contributed by atoms with Crippen molar-refractivity contribution in [2.45, 2.75) is 43.2 Å². The van der Waals surface area contributed by atoms with E-state index in [0.29, 0.717) is 24.8 Å². The smallest absolute Gasteiger partial charge is 0.254 e. The van der Waals surface area contributed by atoms with E-state index in [4.69, 9.17) is 23.2 Å². The van der Waals surface area contributed by atoms with Crippen molar-refractivity contribution in [3.8, 4) is 5.75 Å². The Balaban J connectivity index is 1.65. The number of nitrogens with one attached hydrogen (secondary N) is 1. The molecular formula is C26H27Cl2NO5S. The molecule has 0 bridgehead atoms. The average molecular weight is 536 g/mol. The zero-order valence-corrected chi connectivity index (χ0v) is 21.7. The largest absolute Gasteiger partial charge is 0.508 e. The quantitative estimate of drug-likeness (QED) is 0.352. The summed E-state index contributed by atoms with van der Waals surface area (Å²) < 4.78 is 23.6. The lowest BCUT2D eigenvalue weighted by Crippen LogP contribution is -2.34. The lowest BCUT2D eigenvalue weighted by atomic mass is 10.00. The number of rotatable bonds is 9. The molecule has 0 saturated carbocycles. The normalized spacial score (nSPS) is 13.3. The molecule has 3 rings (SSSR count). The molecule has 0 spiro atoms. The van der Waals surface area contributed by atoms with E-state index in [1.54, 1.807) is 42.5 Å². The summed E-state index contributed by atoms with van der Waals surface area (Å²) in [6.07, 6.45) is 1.65. The number of carbonyl (C=O) groups excluding carboxylic acids is 1. The molecule has 0 aliphatic heterocycles. The average Bonchev–Trinajstić information content (AvgIpc) is 2.76. The molecule has 1 amide bonds. The molecule has 3 aromatic carbocycles. The first-order chi connectivity index (χ1) is 16.4. The highest BCUT2D eigenvalue weighted by atomic mass is 35.5. The predicted molar refractivity (Wildman–Crippen MR) is 138 cm³/mol. The van der Waals surface area contributed by atoms with Gasteiger partial charge < -0.3 is 15.5 Å². The Morgan fingerprint density at radius 3 is 2.29 bits per heavy atom. The van der Waals surface area contributed by atoms with Crippen LogP contribution in [-0.2, 0) is 22.7 Å². The number of sulfone groups is 1. The maximum absolute atomic E-state index is 12.9. The second-order valence-corrected chi connectivity index (χ2v) is 11.4. The first kappa shape index (κ1) is 27.0. The van der Waals surface area contributed by atoms with Crippen molar-refractivity contribution in [3.05, 3.63) is 93.0 Å². The van der Waals surface area contributed by atoms with Crippen LogP contribution in [0.5, 0.6) is 5.75 Å². The number of halogens is 2. The lowest BCUT2D eigenvalue weighted by molar-refractivity contribution is 0.0940. The van der Waals surface area contributed by atoms with Gasteiger partial charge in [0.1, 0.15) is 5.75 Å². The Labute approximate surface area is 215 Å². The fraction of sp³-hybridized carbons (Fsp3) is 0.269. The van der Waals surface area contributed by atoms with Crippen LogP contribution in [0.15, 0.2) is 65.6 Å². The van der Waals surface area contributed by atoms with Crippen molar-refractivity contribution >= 4 is 38.9 Å². The van der Waals surface area contributed by atoms with Crippen molar-refractivity contribution in [2.75, 3.05) is 6.26 Å². The molecule has 1 unspecified atom stereocenters. The van der Waals surface area contributed by atoms with E-state index in [1.807, 2.05) is 6.92 Å². The number of amides is 1. The van der Waals surface area contributed by atoms with Gasteiger partial charge in [-0.25, -0.2) is 8.42 Å². The van der Waals surface area contributed by atoms with Gasteiger partial charge >= 0.3 is 0 Å². The van der Waals surface area contributed by atoms with Crippen molar-refractivity contribution in [1.82, 2.24) is 5.32 Å². The molecule has 3 N–H and O–H groups in total. The van der Waals surface area contributed by atoms with Crippen LogP contribution in [-0.4, -0.2) is 36.8 Å². The van der Waals surface area contributed by atoms with Gasteiger partial charge in [0.15, 0.2) is 9.84 Å². The van der Waals surface area contributed by atoms with Gasteiger partial charge in [-0.2, -0.15) is 0 Å². The van der Waals surface area contributed by atoms with Crippen molar-refractivity contribution in [3.63, 3.8) is 0 Å². The number of phenols is 1. The molecule has 0 saturated heterocycles. The summed E-state index contributed by atoms with van der Waals surface area (Å²) >= 11 is 12.8. The highest BCUT2D eigenvalue weighted by molar-refractivity contribution is 7.90. The number of benzene rings is 3. The third kappa shape index (κ3) is 7.45. The highest BCUT2D eigenvalue weighted by Gasteiger charge is 2.19. The summed E-state index contributed by atoms with van der Waals surface area (Å²) in [5.74, 6) is -0.349.